The van der Waals surface area contributed by atoms with E-state index < -0.39 is 0 Å². The third-order valence-electron chi connectivity index (χ3n) is 0.505. The van der Waals surface area contributed by atoms with Gasteiger partial charge in [-0.2, -0.15) is 0 Å². The lowest BCUT2D eigenvalue weighted by Gasteiger charge is -2.00. The van der Waals surface area contributed by atoms with Gasteiger partial charge in [-0.1, -0.05) is 22.6 Å². The van der Waals surface area contributed by atoms with Crippen molar-refractivity contribution >= 4 is 22.6 Å². The first-order chi connectivity index (χ1) is 2.81. The van der Waals surface area contributed by atoms with Crippen LogP contribution in [-0.4, -0.2) is 17.6 Å². The Morgan fingerprint density at radius 3 is 2.50 bits per heavy atom. The maximum absolute atomic E-state index is 4.78. The van der Waals surface area contributed by atoms with Gasteiger partial charge in [-0.3, -0.25) is 0 Å². The van der Waals surface area contributed by atoms with Crippen LogP contribution in [0.15, 0.2) is 0 Å². The van der Waals surface area contributed by atoms with Crippen LogP contribution >= 0.6 is 22.6 Å². The fourth-order valence-corrected chi connectivity index (χ4v) is 0.423. The Balaban J connectivity index is 2.75. The van der Waals surface area contributed by atoms with E-state index >= 15 is 0 Å². The zero-order valence-corrected chi connectivity index (χ0v) is 5.94. The van der Waals surface area contributed by atoms with E-state index in [2.05, 4.69) is 29.5 Å². The molecule has 0 rings (SSSR count). The molecule has 0 aliphatic heterocycles. The second-order valence-corrected chi connectivity index (χ2v) is 1.89. The average Bonchev–Trinajstić information content (AvgIpc) is 1.65. The van der Waals surface area contributed by atoms with Crippen LogP contribution in [0, 0.1) is 6.92 Å². The van der Waals surface area contributed by atoms with Gasteiger partial charge in [-0.25, -0.2) is 0 Å². The van der Waals surface area contributed by atoms with Crippen LogP contribution in [0.3, 0.4) is 0 Å². The first-order valence-corrected chi connectivity index (χ1v) is 3.25. The minimum absolute atomic E-state index is 0.172. The molecule has 0 heterocycles. The molecule has 0 aliphatic carbocycles. The molecule has 0 bridgehead atoms. The average molecular weight is 199 g/mol. The molecule has 1 radical (unpaired) electrons. The molecule has 37 valence electrons. The third-order valence-corrected chi connectivity index (χ3v) is 1.49. The molecule has 0 aromatic carbocycles. The summed E-state index contributed by atoms with van der Waals surface area (Å²) in [6.07, 6.45) is 0.172. The van der Waals surface area contributed by atoms with Crippen LogP contribution < -0.4 is 0 Å². The van der Waals surface area contributed by atoms with Crippen LogP contribution in [-0.2, 0) is 4.74 Å². The molecule has 2 heteroatoms. The number of halogens is 1. The number of hydrogen-bond donors (Lipinski definition) is 0. The summed E-state index contributed by atoms with van der Waals surface area (Å²) >= 11 is 2.23. The lowest BCUT2D eigenvalue weighted by atomic mass is 10.5. The van der Waals surface area contributed by atoms with Crippen molar-refractivity contribution in [3.8, 4) is 0 Å². The number of ether oxygens (including phenoxy) is 1. The third kappa shape index (κ3) is 2.90. The molecule has 0 spiro atoms. The smallest absolute Gasteiger partial charge is 0.0661 e. The van der Waals surface area contributed by atoms with E-state index in [4.69, 9.17) is 4.74 Å². The summed E-state index contributed by atoms with van der Waals surface area (Å²) in [5.74, 6) is 0. The summed E-state index contributed by atoms with van der Waals surface area (Å²) < 4.78 is 5.75. The van der Waals surface area contributed by atoms with Crippen molar-refractivity contribution in [3.63, 3.8) is 0 Å². The van der Waals surface area contributed by atoms with Crippen molar-refractivity contribution in [2.75, 3.05) is 11.5 Å². The second-order valence-electron chi connectivity index (χ2n) is 1.01. The second kappa shape index (κ2) is 3.87. The highest BCUT2D eigenvalue weighted by Gasteiger charge is 1.90. The van der Waals surface area contributed by atoms with Crippen molar-refractivity contribution in [1.82, 2.24) is 0 Å². The summed E-state index contributed by atoms with van der Waals surface area (Å²) in [5.41, 5.74) is 0. The van der Waals surface area contributed by atoms with E-state index in [-0.39, 0.29) is 6.10 Å². The molecule has 0 N–H and O–H groups in total. The van der Waals surface area contributed by atoms with Crippen molar-refractivity contribution in [2.45, 2.75) is 6.10 Å². The molecular formula is C4H8IO. The molecule has 6 heavy (non-hydrogen) atoms. The monoisotopic (exact) mass is 199 g/mol. The van der Waals surface area contributed by atoms with Crippen LogP contribution in [0.4, 0.5) is 0 Å². The number of alkyl halides is 1. The minimum atomic E-state index is 0.172. The predicted octanol–water partition coefficient (Wildman–Crippen LogP) is 1.27. The maximum Gasteiger partial charge on any atom is 0.0661 e. The van der Waals surface area contributed by atoms with Crippen LogP contribution in [0.2, 0.25) is 0 Å². The summed E-state index contributed by atoms with van der Waals surface area (Å²) in [5, 5.41) is 0. The molecular weight excluding hydrogens is 191 g/mol. The lowest BCUT2D eigenvalue weighted by Crippen LogP contribution is -2.04. The van der Waals surface area contributed by atoms with E-state index in [1.54, 1.807) is 7.11 Å². The van der Waals surface area contributed by atoms with E-state index in [0.29, 0.717) is 0 Å². The maximum atomic E-state index is 4.78. The van der Waals surface area contributed by atoms with E-state index in [1.807, 2.05) is 0 Å². The normalized spacial score (nSPS) is 14.5. The Kier molecular flexibility index (Phi) is 4.31. The molecule has 1 atom stereocenters. The molecule has 1 nitrogen and oxygen atoms in total. The summed E-state index contributed by atoms with van der Waals surface area (Å²) in [7, 11) is 1.66. The fraction of sp³-hybridized carbons (Fsp3) is 0.750. The summed E-state index contributed by atoms with van der Waals surface area (Å²) in [4.78, 5) is 0. The summed E-state index contributed by atoms with van der Waals surface area (Å²) in [6, 6.07) is 0. The van der Waals surface area contributed by atoms with Gasteiger partial charge in [-0.05, 0) is 6.92 Å². The van der Waals surface area contributed by atoms with Crippen molar-refractivity contribution < 1.29 is 4.74 Å². The van der Waals surface area contributed by atoms with Crippen LogP contribution in [0.5, 0.6) is 0 Å². The Hall–Kier alpha value is 0.690. The SMILES string of the molecule is [CH2]C(CI)OC. The van der Waals surface area contributed by atoms with Gasteiger partial charge in [-0.15, -0.1) is 0 Å². The van der Waals surface area contributed by atoms with Crippen LogP contribution in [0.1, 0.15) is 0 Å². The Morgan fingerprint density at radius 1 is 2.00 bits per heavy atom. The van der Waals surface area contributed by atoms with Crippen LogP contribution in [0.25, 0.3) is 0 Å². The quantitative estimate of drug-likeness (QED) is 0.480. The van der Waals surface area contributed by atoms with E-state index in [9.17, 15) is 0 Å². The topological polar surface area (TPSA) is 9.23 Å². The molecule has 0 saturated carbocycles. The van der Waals surface area contributed by atoms with Crippen molar-refractivity contribution in [2.24, 2.45) is 0 Å². The number of methoxy groups -OCH3 is 1. The highest BCUT2D eigenvalue weighted by atomic mass is 127. The largest absolute Gasteiger partial charge is 0.381 e. The fourth-order valence-electron chi connectivity index (χ4n) is 0.0630. The number of rotatable bonds is 2. The van der Waals surface area contributed by atoms with Gasteiger partial charge in [0.1, 0.15) is 0 Å². The molecule has 0 saturated heterocycles. The molecule has 0 aliphatic rings. The molecule has 0 fully saturated rings. The highest BCUT2D eigenvalue weighted by Crippen LogP contribution is 1.91. The molecule has 0 aromatic heterocycles. The van der Waals surface area contributed by atoms with Gasteiger partial charge in [0.2, 0.25) is 0 Å². The Morgan fingerprint density at radius 2 is 2.50 bits per heavy atom. The van der Waals surface area contributed by atoms with Gasteiger partial charge in [0.05, 0.1) is 6.10 Å². The van der Waals surface area contributed by atoms with Gasteiger partial charge in [0.25, 0.3) is 0 Å². The predicted molar refractivity (Wildman–Crippen MR) is 35.0 cm³/mol. The van der Waals surface area contributed by atoms with E-state index in [1.165, 1.54) is 0 Å². The zero-order chi connectivity index (χ0) is 4.99. The van der Waals surface area contributed by atoms with Gasteiger partial charge < -0.3 is 4.74 Å². The van der Waals surface area contributed by atoms with Gasteiger partial charge in [0, 0.05) is 11.5 Å². The molecule has 0 aromatic rings. The zero-order valence-electron chi connectivity index (χ0n) is 3.78. The molecule has 1 unspecified atom stereocenters. The first-order valence-electron chi connectivity index (χ1n) is 1.73. The Labute approximate surface area is 52.2 Å². The molecule has 0 amide bonds. The Bertz CT molecular complexity index is 26.7. The van der Waals surface area contributed by atoms with Crippen molar-refractivity contribution in [1.29, 1.82) is 0 Å². The highest BCUT2D eigenvalue weighted by molar-refractivity contribution is 14.1. The van der Waals surface area contributed by atoms with Gasteiger partial charge in [0.15, 0.2) is 0 Å². The van der Waals surface area contributed by atoms with Gasteiger partial charge >= 0.3 is 0 Å². The lowest BCUT2D eigenvalue weighted by molar-refractivity contribution is 0.160. The minimum Gasteiger partial charge on any atom is -0.381 e. The number of hydrogen-bond acceptors (Lipinski definition) is 1. The standard InChI is InChI=1S/C4H8IO/c1-4(3-5)6-2/h4H,1,3H2,2H3. The van der Waals surface area contributed by atoms with Crippen molar-refractivity contribution in [3.05, 3.63) is 6.92 Å². The van der Waals surface area contributed by atoms with E-state index in [0.717, 1.165) is 4.43 Å². The summed E-state index contributed by atoms with van der Waals surface area (Å²) in [6.45, 7) is 3.65. The first kappa shape index (κ1) is 6.69.